The van der Waals surface area contributed by atoms with Gasteiger partial charge in [-0.15, -0.1) is 0 Å². The first-order valence-electron chi connectivity index (χ1n) is 23.9. The molecule has 0 aliphatic carbocycles. The van der Waals surface area contributed by atoms with Crippen LogP contribution in [0, 0.1) is 0 Å². The Morgan fingerprint density at radius 1 is 0.526 bits per heavy atom. The van der Waals surface area contributed by atoms with E-state index in [0.29, 0.717) is 23.9 Å². The van der Waals surface area contributed by atoms with E-state index < -0.39 is 26.5 Å². The van der Waals surface area contributed by atoms with Gasteiger partial charge in [-0.25, -0.2) is 4.57 Å². The molecule has 0 amide bonds. The third-order valence-electron chi connectivity index (χ3n) is 10.5. The molecule has 0 spiro atoms. The van der Waals surface area contributed by atoms with Crippen molar-refractivity contribution in [3.8, 4) is 0 Å². The first-order chi connectivity index (χ1) is 27.5. The molecule has 0 saturated carbocycles. The third-order valence-corrected chi connectivity index (χ3v) is 11.5. The van der Waals surface area contributed by atoms with Crippen LogP contribution in [0.25, 0.3) is 0 Å². The van der Waals surface area contributed by atoms with Crippen molar-refractivity contribution >= 4 is 19.8 Å². The van der Waals surface area contributed by atoms with E-state index in [4.69, 9.17) is 18.5 Å². The molecule has 0 fully saturated rings. The second kappa shape index (κ2) is 40.2. The highest BCUT2D eigenvalue weighted by molar-refractivity contribution is 7.47. The van der Waals surface area contributed by atoms with Gasteiger partial charge in [0.2, 0.25) is 0 Å². The first-order valence-corrected chi connectivity index (χ1v) is 25.4. The molecule has 0 heterocycles. The van der Waals surface area contributed by atoms with Crippen molar-refractivity contribution in [2.24, 2.45) is 0 Å². The van der Waals surface area contributed by atoms with Crippen molar-refractivity contribution in [3.63, 3.8) is 0 Å². The zero-order valence-electron chi connectivity index (χ0n) is 38.1. The molecule has 0 aliphatic heterocycles. The molecule has 0 aliphatic rings. The van der Waals surface area contributed by atoms with Gasteiger partial charge in [-0.2, -0.15) is 0 Å². The molecule has 1 unspecified atom stereocenters. The quantitative estimate of drug-likeness (QED) is 0.0213. The standard InChI is InChI=1S/C47H92NO8P/c1-6-8-10-12-14-16-18-20-22-24-26-27-29-31-33-35-37-39-46(49)53-43-45(44-55-57(51,52)54-42-41-48(3,4)5)56-47(50)40-38-36-34-32-30-28-25-23-21-19-17-15-13-11-9-7-2/h16,18,45H,6-15,17,19-44H2,1-5H3/p+1/b18-16+/t45-/m1/s1. The Hall–Kier alpha value is -1.25. The number of nitrogens with zero attached hydrogens (tertiary/aromatic N) is 1. The second-order valence-corrected chi connectivity index (χ2v) is 19.0. The van der Waals surface area contributed by atoms with Crippen LogP contribution in [0.15, 0.2) is 12.2 Å². The van der Waals surface area contributed by atoms with Crippen LogP contribution < -0.4 is 0 Å². The van der Waals surface area contributed by atoms with Gasteiger partial charge in [-0.05, 0) is 38.5 Å². The van der Waals surface area contributed by atoms with Crippen LogP contribution in [0.3, 0.4) is 0 Å². The van der Waals surface area contributed by atoms with E-state index in [2.05, 4.69) is 26.0 Å². The fraction of sp³-hybridized carbons (Fsp3) is 0.915. The molecular formula is C47H93NO8P+. The normalized spacial score (nSPS) is 13.6. The number of likely N-dealkylation sites (N-methyl/N-ethyl adjacent to an activating group) is 1. The summed E-state index contributed by atoms with van der Waals surface area (Å²) in [7, 11) is 1.49. The van der Waals surface area contributed by atoms with Gasteiger partial charge in [-0.3, -0.25) is 18.6 Å². The number of hydrogen-bond donors (Lipinski definition) is 1. The molecule has 9 nitrogen and oxygen atoms in total. The van der Waals surface area contributed by atoms with Crippen molar-refractivity contribution in [2.45, 2.75) is 232 Å². The highest BCUT2D eigenvalue weighted by Gasteiger charge is 2.27. The SMILES string of the molecule is CCCCCC/C=C/CCCCCCCCCCCC(=O)OC[C@H](COP(=O)(O)OCC[N+](C)(C)C)OC(=O)CCCCCCCCCCCCCCCCCC. The van der Waals surface area contributed by atoms with Crippen LogP contribution in [-0.4, -0.2) is 74.9 Å². The number of unbranched alkanes of at least 4 members (excludes halogenated alkanes) is 28. The predicted octanol–water partition coefficient (Wildman–Crippen LogP) is 13.8. The molecule has 57 heavy (non-hydrogen) atoms. The van der Waals surface area contributed by atoms with E-state index in [1.165, 1.54) is 161 Å². The van der Waals surface area contributed by atoms with Crippen LogP contribution in [0.1, 0.15) is 226 Å². The molecule has 0 aromatic heterocycles. The minimum absolute atomic E-state index is 0.0349. The number of quaternary nitrogens is 1. The van der Waals surface area contributed by atoms with Gasteiger partial charge in [0.25, 0.3) is 0 Å². The summed E-state index contributed by atoms with van der Waals surface area (Å²) >= 11 is 0. The zero-order chi connectivity index (χ0) is 42.1. The lowest BCUT2D eigenvalue weighted by atomic mass is 10.0. The zero-order valence-corrected chi connectivity index (χ0v) is 39.0. The lowest BCUT2D eigenvalue weighted by molar-refractivity contribution is -0.870. The molecule has 10 heteroatoms. The highest BCUT2D eigenvalue weighted by Crippen LogP contribution is 2.43. The Bertz CT molecular complexity index is 985. The van der Waals surface area contributed by atoms with Gasteiger partial charge < -0.3 is 18.9 Å². The maximum atomic E-state index is 12.7. The minimum atomic E-state index is -4.37. The fourth-order valence-electron chi connectivity index (χ4n) is 6.77. The Morgan fingerprint density at radius 3 is 1.32 bits per heavy atom. The number of phosphoric acid groups is 1. The summed E-state index contributed by atoms with van der Waals surface area (Å²) in [5, 5.41) is 0. The summed E-state index contributed by atoms with van der Waals surface area (Å²) in [4.78, 5) is 35.4. The van der Waals surface area contributed by atoms with Gasteiger partial charge >= 0.3 is 19.8 Å². The van der Waals surface area contributed by atoms with Crippen molar-refractivity contribution < 1.29 is 42.1 Å². The summed E-state index contributed by atoms with van der Waals surface area (Å²) in [5.41, 5.74) is 0. The summed E-state index contributed by atoms with van der Waals surface area (Å²) in [5.74, 6) is -0.788. The number of carbonyl (C=O) groups excluding carboxylic acids is 2. The third kappa shape index (κ3) is 44.1. The molecular weight excluding hydrogens is 737 g/mol. The molecule has 338 valence electrons. The molecule has 0 bridgehead atoms. The van der Waals surface area contributed by atoms with E-state index in [1.54, 1.807) is 0 Å². The lowest BCUT2D eigenvalue weighted by Crippen LogP contribution is -2.37. The Kier molecular flexibility index (Phi) is 39.3. The number of phosphoric ester groups is 1. The van der Waals surface area contributed by atoms with Gasteiger partial charge in [0.15, 0.2) is 6.10 Å². The summed E-state index contributed by atoms with van der Waals surface area (Å²) in [6.07, 6.45) is 42.5. The number of allylic oxidation sites excluding steroid dienone is 2. The first kappa shape index (κ1) is 55.8. The number of ether oxygens (including phenoxy) is 2. The summed E-state index contributed by atoms with van der Waals surface area (Å²) in [6.45, 7) is 4.45. The van der Waals surface area contributed by atoms with Crippen LogP contribution in [0.2, 0.25) is 0 Å². The van der Waals surface area contributed by atoms with Crippen LogP contribution in [-0.2, 0) is 32.7 Å². The van der Waals surface area contributed by atoms with Crippen LogP contribution in [0.4, 0.5) is 0 Å². The van der Waals surface area contributed by atoms with E-state index >= 15 is 0 Å². The predicted molar refractivity (Wildman–Crippen MR) is 238 cm³/mol. The fourth-order valence-corrected chi connectivity index (χ4v) is 7.52. The molecule has 0 saturated heterocycles. The molecule has 2 atom stereocenters. The van der Waals surface area contributed by atoms with E-state index in [1.807, 2.05) is 21.1 Å². The number of rotatable bonds is 44. The van der Waals surface area contributed by atoms with Gasteiger partial charge in [0.05, 0.1) is 27.7 Å². The Morgan fingerprint density at radius 2 is 0.895 bits per heavy atom. The van der Waals surface area contributed by atoms with Gasteiger partial charge in [0, 0.05) is 12.8 Å². The van der Waals surface area contributed by atoms with E-state index in [9.17, 15) is 19.0 Å². The maximum Gasteiger partial charge on any atom is 0.472 e. The summed E-state index contributed by atoms with van der Waals surface area (Å²) in [6, 6.07) is 0. The number of carbonyl (C=O) groups is 2. The topological polar surface area (TPSA) is 108 Å². The average Bonchev–Trinajstić information content (AvgIpc) is 3.16. The lowest BCUT2D eigenvalue weighted by Gasteiger charge is -2.24. The minimum Gasteiger partial charge on any atom is -0.462 e. The highest BCUT2D eigenvalue weighted by atomic mass is 31.2. The maximum absolute atomic E-state index is 12.7. The van der Waals surface area contributed by atoms with Crippen molar-refractivity contribution in [3.05, 3.63) is 12.2 Å². The number of hydrogen-bond acceptors (Lipinski definition) is 7. The van der Waals surface area contributed by atoms with E-state index in [-0.39, 0.29) is 25.6 Å². The van der Waals surface area contributed by atoms with Crippen LogP contribution in [0.5, 0.6) is 0 Å². The molecule has 0 rings (SSSR count). The molecule has 1 N–H and O–H groups in total. The average molecular weight is 831 g/mol. The largest absolute Gasteiger partial charge is 0.472 e. The van der Waals surface area contributed by atoms with E-state index in [0.717, 1.165) is 32.1 Å². The van der Waals surface area contributed by atoms with Crippen molar-refractivity contribution in [1.29, 1.82) is 0 Å². The van der Waals surface area contributed by atoms with Gasteiger partial charge in [-0.1, -0.05) is 187 Å². The Balaban J connectivity index is 4.27. The molecule has 0 aromatic rings. The molecule has 0 aromatic carbocycles. The smallest absolute Gasteiger partial charge is 0.462 e. The Labute approximate surface area is 352 Å². The van der Waals surface area contributed by atoms with Crippen molar-refractivity contribution in [2.75, 3.05) is 47.5 Å². The summed E-state index contributed by atoms with van der Waals surface area (Å²) < 4.78 is 34.4. The molecule has 0 radical (unpaired) electrons. The second-order valence-electron chi connectivity index (χ2n) is 17.5. The van der Waals surface area contributed by atoms with Gasteiger partial charge in [0.1, 0.15) is 19.8 Å². The van der Waals surface area contributed by atoms with Crippen LogP contribution >= 0.6 is 7.82 Å². The monoisotopic (exact) mass is 831 g/mol. The number of esters is 2. The van der Waals surface area contributed by atoms with Crippen molar-refractivity contribution in [1.82, 2.24) is 0 Å².